The molecule has 7 rings (SSSR count). The zero-order valence-electron chi connectivity index (χ0n) is 25.1. The van der Waals surface area contributed by atoms with Gasteiger partial charge in [0.2, 0.25) is 5.43 Å². The van der Waals surface area contributed by atoms with Crippen LogP contribution in [-0.2, 0) is 0 Å². The molecular formula is C36H30F2N4O4. The van der Waals surface area contributed by atoms with E-state index in [1.165, 1.54) is 24.3 Å². The molecule has 8 nitrogen and oxygen atoms in total. The first-order valence-electron chi connectivity index (χ1n) is 14.9. The number of pyridine rings is 3. The van der Waals surface area contributed by atoms with Crippen molar-refractivity contribution in [3.05, 3.63) is 113 Å². The van der Waals surface area contributed by atoms with E-state index >= 15 is 4.39 Å². The Morgan fingerprint density at radius 3 is 2.48 bits per heavy atom. The lowest BCUT2D eigenvalue weighted by molar-refractivity contribution is 0.0285. The predicted octanol–water partition coefficient (Wildman–Crippen LogP) is 7.91. The van der Waals surface area contributed by atoms with Crippen LogP contribution in [0.25, 0.3) is 32.9 Å². The first-order chi connectivity index (χ1) is 22.1. The van der Waals surface area contributed by atoms with Gasteiger partial charge in [0.25, 0.3) is 0 Å². The van der Waals surface area contributed by atoms with Gasteiger partial charge in [0.05, 0.1) is 22.0 Å². The third kappa shape index (κ3) is 5.99. The SMILES string of the molecule is CC(C)(O)COc1ccc2c(Oc3ccc(Nc4nccc5c4c(=O)c(-c4ccc(F)cc4)cn5C4CC4)cc3F)ccnc2c1. The molecule has 0 aliphatic heterocycles. The number of nitrogens with one attached hydrogen (secondary N) is 1. The summed E-state index contributed by atoms with van der Waals surface area (Å²) in [5.74, 6) is 0.227. The molecule has 6 aromatic rings. The van der Waals surface area contributed by atoms with E-state index in [1.54, 1.807) is 74.8 Å². The fraction of sp³-hybridized carbons (Fsp3) is 0.194. The van der Waals surface area contributed by atoms with Gasteiger partial charge in [-0.15, -0.1) is 0 Å². The summed E-state index contributed by atoms with van der Waals surface area (Å²) in [4.78, 5) is 22.7. The van der Waals surface area contributed by atoms with Gasteiger partial charge in [-0.05, 0) is 80.8 Å². The van der Waals surface area contributed by atoms with Crippen LogP contribution in [0.2, 0.25) is 0 Å². The minimum absolute atomic E-state index is 0.000899. The van der Waals surface area contributed by atoms with E-state index in [2.05, 4.69) is 19.9 Å². The van der Waals surface area contributed by atoms with E-state index in [4.69, 9.17) is 9.47 Å². The Kier molecular flexibility index (Phi) is 7.37. The molecule has 0 radical (unpaired) electrons. The first kappa shape index (κ1) is 29.4. The van der Waals surface area contributed by atoms with E-state index in [0.29, 0.717) is 44.6 Å². The smallest absolute Gasteiger partial charge is 0.200 e. The topological polar surface area (TPSA) is 98.5 Å². The minimum atomic E-state index is -0.988. The Morgan fingerprint density at radius 1 is 0.957 bits per heavy atom. The molecule has 0 bridgehead atoms. The molecular weight excluding hydrogens is 590 g/mol. The molecule has 3 aromatic carbocycles. The summed E-state index contributed by atoms with van der Waals surface area (Å²) in [5, 5.41) is 14.1. The highest BCUT2D eigenvalue weighted by Gasteiger charge is 2.27. The lowest BCUT2D eigenvalue weighted by atomic mass is 10.0. The fourth-order valence-corrected chi connectivity index (χ4v) is 5.33. The standard InChI is InChI=1S/C36H30F2N4O4/c1-36(2,44)20-45-25-10-11-26-29(18-25)39-16-14-31(26)46-32-12-7-23(17-28(32)38)41-35-33-30(13-15-40-35)42(24-8-9-24)19-27(34(33)43)21-3-5-22(37)6-4-21/h3-7,10-19,24,44H,8-9,20H2,1-2H3,(H,40,41). The van der Waals surface area contributed by atoms with Crippen molar-refractivity contribution in [2.45, 2.75) is 38.3 Å². The van der Waals surface area contributed by atoms with Gasteiger partial charge < -0.3 is 24.5 Å². The lowest BCUT2D eigenvalue weighted by Gasteiger charge is -2.18. The zero-order valence-corrected chi connectivity index (χ0v) is 25.1. The maximum atomic E-state index is 15.5. The normalized spacial score (nSPS) is 13.2. The van der Waals surface area contributed by atoms with E-state index in [-0.39, 0.29) is 35.5 Å². The number of anilines is 2. The van der Waals surface area contributed by atoms with Gasteiger partial charge in [-0.25, -0.2) is 13.8 Å². The number of nitrogens with zero attached hydrogens (tertiary/aromatic N) is 3. The van der Waals surface area contributed by atoms with Gasteiger partial charge in [0, 0.05) is 53.4 Å². The summed E-state index contributed by atoms with van der Waals surface area (Å²) in [6.07, 6.45) is 6.98. The fourth-order valence-electron chi connectivity index (χ4n) is 5.33. The minimum Gasteiger partial charge on any atom is -0.491 e. The molecule has 46 heavy (non-hydrogen) atoms. The molecule has 0 spiro atoms. The van der Waals surface area contributed by atoms with Crippen LogP contribution in [0.5, 0.6) is 17.2 Å². The second-order valence-electron chi connectivity index (χ2n) is 12.0. The summed E-state index contributed by atoms with van der Waals surface area (Å²) in [6, 6.07) is 19.2. The number of hydrogen-bond donors (Lipinski definition) is 2. The van der Waals surface area contributed by atoms with Gasteiger partial charge in [0.1, 0.15) is 29.7 Å². The monoisotopic (exact) mass is 620 g/mol. The number of aliphatic hydroxyl groups is 1. The highest BCUT2D eigenvalue weighted by Crippen LogP contribution is 2.39. The van der Waals surface area contributed by atoms with Crippen molar-refractivity contribution in [1.82, 2.24) is 14.5 Å². The maximum Gasteiger partial charge on any atom is 0.200 e. The summed E-state index contributed by atoms with van der Waals surface area (Å²) in [7, 11) is 0. The number of halogens is 2. The Bertz CT molecular complexity index is 2160. The van der Waals surface area contributed by atoms with Crippen molar-refractivity contribution >= 4 is 33.3 Å². The van der Waals surface area contributed by atoms with Crippen molar-refractivity contribution in [3.63, 3.8) is 0 Å². The van der Waals surface area contributed by atoms with E-state index in [9.17, 15) is 14.3 Å². The summed E-state index contributed by atoms with van der Waals surface area (Å²) in [6.45, 7) is 3.42. The number of benzene rings is 3. The first-order valence-corrected chi connectivity index (χ1v) is 14.9. The molecule has 3 aromatic heterocycles. The van der Waals surface area contributed by atoms with Gasteiger partial charge in [-0.3, -0.25) is 9.78 Å². The third-order valence-corrected chi connectivity index (χ3v) is 7.72. The molecule has 0 amide bonds. The van der Waals surface area contributed by atoms with Crippen LogP contribution >= 0.6 is 0 Å². The average Bonchev–Trinajstić information content (AvgIpc) is 3.87. The van der Waals surface area contributed by atoms with Crippen molar-refractivity contribution in [2.24, 2.45) is 0 Å². The second kappa shape index (κ2) is 11.5. The second-order valence-corrected chi connectivity index (χ2v) is 12.0. The Balaban J connectivity index is 1.19. The van der Waals surface area contributed by atoms with Crippen molar-refractivity contribution in [1.29, 1.82) is 0 Å². The maximum absolute atomic E-state index is 15.5. The lowest BCUT2D eigenvalue weighted by Crippen LogP contribution is -2.27. The van der Waals surface area contributed by atoms with Crippen molar-refractivity contribution in [2.75, 3.05) is 11.9 Å². The van der Waals surface area contributed by atoms with Crippen LogP contribution in [0.4, 0.5) is 20.3 Å². The van der Waals surface area contributed by atoms with Crippen LogP contribution in [0.15, 0.2) is 96.2 Å². The van der Waals surface area contributed by atoms with Crippen LogP contribution in [-0.4, -0.2) is 31.8 Å². The predicted molar refractivity (Wildman–Crippen MR) is 173 cm³/mol. The summed E-state index contributed by atoms with van der Waals surface area (Å²) < 4.78 is 42.8. The summed E-state index contributed by atoms with van der Waals surface area (Å²) >= 11 is 0. The average molecular weight is 621 g/mol. The van der Waals surface area contributed by atoms with Crippen molar-refractivity contribution in [3.8, 4) is 28.4 Å². The van der Waals surface area contributed by atoms with Gasteiger partial charge in [-0.1, -0.05) is 12.1 Å². The number of hydrogen-bond acceptors (Lipinski definition) is 7. The Morgan fingerprint density at radius 2 is 1.74 bits per heavy atom. The largest absolute Gasteiger partial charge is 0.491 e. The highest BCUT2D eigenvalue weighted by atomic mass is 19.1. The number of fused-ring (bicyclic) bond motifs is 2. The number of aromatic nitrogens is 3. The molecule has 1 saturated carbocycles. The highest BCUT2D eigenvalue weighted by molar-refractivity contribution is 5.94. The number of ether oxygens (including phenoxy) is 2. The van der Waals surface area contributed by atoms with Crippen LogP contribution < -0.4 is 20.2 Å². The van der Waals surface area contributed by atoms with Crippen molar-refractivity contribution < 1.29 is 23.4 Å². The van der Waals surface area contributed by atoms with E-state index < -0.39 is 11.4 Å². The van der Waals surface area contributed by atoms with Gasteiger partial charge >= 0.3 is 0 Å². The molecule has 0 unspecified atom stereocenters. The van der Waals surface area contributed by atoms with Crippen LogP contribution in [0, 0.1) is 11.6 Å². The zero-order chi connectivity index (χ0) is 32.0. The molecule has 0 saturated heterocycles. The molecule has 3 heterocycles. The molecule has 232 valence electrons. The van der Waals surface area contributed by atoms with Crippen LogP contribution in [0.1, 0.15) is 32.7 Å². The van der Waals surface area contributed by atoms with Gasteiger partial charge in [0.15, 0.2) is 11.6 Å². The molecule has 0 atom stereocenters. The molecule has 1 aliphatic rings. The molecule has 2 N–H and O–H groups in total. The molecule has 1 fully saturated rings. The third-order valence-electron chi connectivity index (χ3n) is 7.72. The quantitative estimate of drug-likeness (QED) is 0.170. The van der Waals surface area contributed by atoms with E-state index in [0.717, 1.165) is 18.4 Å². The Labute approximate surface area is 262 Å². The van der Waals surface area contributed by atoms with E-state index in [1.807, 2.05) is 6.20 Å². The Hall–Kier alpha value is -5.35. The van der Waals surface area contributed by atoms with Gasteiger partial charge in [-0.2, -0.15) is 0 Å². The molecule has 10 heteroatoms. The van der Waals surface area contributed by atoms with Crippen LogP contribution in [0.3, 0.4) is 0 Å². The number of rotatable bonds is 9. The molecule has 1 aliphatic carbocycles. The summed E-state index contributed by atoms with van der Waals surface area (Å²) in [5.41, 5.74) is 1.48.